The lowest BCUT2D eigenvalue weighted by atomic mass is 10.1. The quantitative estimate of drug-likeness (QED) is 0.719. The molecular formula is C17H22N4O2S2. The minimum Gasteiger partial charge on any atom is -0.360 e. The number of thiocarbonyl (C=S) groups is 1. The van der Waals surface area contributed by atoms with Crippen LogP contribution in [-0.2, 0) is 16.1 Å². The molecule has 2 saturated heterocycles. The molecule has 2 N–H and O–H groups in total. The molecule has 0 spiro atoms. The number of carbonyl (C=O) groups excluding carboxylic acids is 2. The van der Waals surface area contributed by atoms with Crippen LogP contribution in [0.2, 0.25) is 0 Å². The summed E-state index contributed by atoms with van der Waals surface area (Å²) < 4.78 is 0. The van der Waals surface area contributed by atoms with E-state index in [2.05, 4.69) is 10.6 Å². The summed E-state index contributed by atoms with van der Waals surface area (Å²) in [5, 5.41) is 6.45. The number of piperazine rings is 1. The van der Waals surface area contributed by atoms with Gasteiger partial charge < -0.3 is 15.5 Å². The van der Waals surface area contributed by atoms with Crippen molar-refractivity contribution in [3.63, 3.8) is 0 Å². The minimum atomic E-state index is -0.203. The van der Waals surface area contributed by atoms with Gasteiger partial charge in [-0.1, -0.05) is 12.1 Å². The zero-order chi connectivity index (χ0) is 17.8. The number of hydrogen-bond donors (Lipinski definition) is 2. The van der Waals surface area contributed by atoms with Gasteiger partial charge in [0.1, 0.15) is 6.04 Å². The van der Waals surface area contributed by atoms with E-state index in [1.807, 2.05) is 35.4 Å². The second kappa shape index (κ2) is 8.05. The van der Waals surface area contributed by atoms with E-state index in [0.717, 1.165) is 30.0 Å². The van der Waals surface area contributed by atoms with Crippen LogP contribution >= 0.6 is 24.0 Å². The van der Waals surface area contributed by atoms with Gasteiger partial charge >= 0.3 is 0 Å². The number of rotatable bonds is 6. The minimum absolute atomic E-state index is 0.0469. The predicted molar refractivity (Wildman–Crippen MR) is 105 cm³/mol. The smallest absolute Gasteiger partial charge is 0.251 e. The Bertz CT molecular complexity index is 665. The van der Waals surface area contributed by atoms with Gasteiger partial charge in [-0.3, -0.25) is 14.5 Å². The first-order valence-electron chi connectivity index (χ1n) is 8.30. The number of carbonyl (C=O) groups is 2. The third-order valence-electron chi connectivity index (χ3n) is 4.40. The number of thioether (sulfide) groups is 1. The average Bonchev–Trinajstić information content (AvgIpc) is 2.88. The molecule has 0 aliphatic carbocycles. The van der Waals surface area contributed by atoms with Crippen molar-refractivity contribution in [2.24, 2.45) is 0 Å². The normalized spacial score (nSPS) is 20.7. The van der Waals surface area contributed by atoms with Crippen LogP contribution in [0.4, 0.5) is 5.69 Å². The third kappa shape index (κ3) is 4.24. The van der Waals surface area contributed by atoms with Crippen LogP contribution in [0.5, 0.6) is 0 Å². The first-order valence-corrected chi connectivity index (χ1v) is 10.1. The van der Waals surface area contributed by atoms with E-state index in [4.69, 9.17) is 12.2 Å². The maximum absolute atomic E-state index is 12.5. The van der Waals surface area contributed by atoms with E-state index >= 15 is 0 Å². The summed E-state index contributed by atoms with van der Waals surface area (Å²) in [5.41, 5.74) is 2.04. The van der Waals surface area contributed by atoms with Crippen molar-refractivity contribution in [2.75, 3.05) is 36.5 Å². The van der Waals surface area contributed by atoms with Gasteiger partial charge in [0.25, 0.3) is 5.91 Å². The summed E-state index contributed by atoms with van der Waals surface area (Å²) in [6.45, 7) is 2.33. The molecule has 0 bridgehead atoms. The van der Waals surface area contributed by atoms with E-state index in [9.17, 15) is 9.59 Å². The van der Waals surface area contributed by atoms with Crippen molar-refractivity contribution < 1.29 is 9.59 Å². The lowest BCUT2D eigenvalue weighted by Gasteiger charge is -2.28. The fourth-order valence-corrected chi connectivity index (χ4v) is 3.78. The molecular weight excluding hydrogens is 356 g/mol. The molecule has 0 unspecified atom stereocenters. The van der Waals surface area contributed by atoms with Crippen LogP contribution in [0.25, 0.3) is 0 Å². The fraction of sp³-hybridized carbons (Fsp3) is 0.471. The second-order valence-electron chi connectivity index (χ2n) is 6.15. The molecule has 3 rings (SSSR count). The van der Waals surface area contributed by atoms with Crippen molar-refractivity contribution in [1.29, 1.82) is 0 Å². The largest absolute Gasteiger partial charge is 0.360 e. The third-order valence-corrected chi connectivity index (χ3v) is 5.38. The fourth-order valence-electron chi connectivity index (χ4n) is 3.01. The van der Waals surface area contributed by atoms with E-state index < -0.39 is 0 Å². The van der Waals surface area contributed by atoms with E-state index in [1.165, 1.54) is 0 Å². The Balaban J connectivity index is 1.62. The van der Waals surface area contributed by atoms with E-state index in [0.29, 0.717) is 24.7 Å². The first-order chi connectivity index (χ1) is 12.1. The molecule has 2 aliphatic heterocycles. The van der Waals surface area contributed by atoms with Crippen LogP contribution in [0.15, 0.2) is 24.3 Å². The summed E-state index contributed by atoms with van der Waals surface area (Å²) in [5.74, 6) is 1.03. The molecule has 25 heavy (non-hydrogen) atoms. The number of nitrogens with one attached hydrogen (secondary N) is 2. The van der Waals surface area contributed by atoms with Gasteiger partial charge in [0.2, 0.25) is 5.91 Å². The van der Waals surface area contributed by atoms with Crippen LogP contribution < -0.4 is 15.5 Å². The predicted octanol–water partition coefficient (Wildman–Crippen LogP) is 0.961. The Labute approximate surface area is 157 Å². The zero-order valence-corrected chi connectivity index (χ0v) is 15.8. The van der Waals surface area contributed by atoms with Crippen LogP contribution in [0.3, 0.4) is 0 Å². The van der Waals surface area contributed by atoms with Crippen molar-refractivity contribution >= 4 is 46.6 Å². The lowest BCUT2D eigenvalue weighted by molar-refractivity contribution is -0.127. The lowest BCUT2D eigenvalue weighted by Crippen LogP contribution is -2.47. The van der Waals surface area contributed by atoms with Crippen LogP contribution in [0, 0.1) is 0 Å². The Hall–Kier alpha value is -1.80. The molecule has 1 aromatic rings. The number of hydrogen-bond acceptors (Lipinski definition) is 5. The summed E-state index contributed by atoms with van der Waals surface area (Å²) in [4.78, 5) is 27.7. The monoisotopic (exact) mass is 378 g/mol. The Morgan fingerprint density at radius 2 is 2.04 bits per heavy atom. The van der Waals surface area contributed by atoms with Crippen LogP contribution in [-0.4, -0.2) is 59.5 Å². The maximum Gasteiger partial charge on any atom is 0.251 e. The van der Waals surface area contributed by atoms with Crippen molar-refractivity contribution in [3.05, 3.63) is 29.8 Å². The van der Waals surface area contributed by atoms with Crippen molar-refractivity contribution in [1.82, 2.24) is 15.5 Å². The molecule has 2 fully saturated rings. The van der Waals surface area contributed by atoms with Gasteiger partial charge in [0.15, 0.2) is 5.11 Å². The summed E-state index contributed by atoms with van der Waals surface area (Å²) >= 11 is 7.04. The molecule has 0 radical (unpaired) electrons. The van der Waals surface area contributed by atoms with Crippen LogP contribution in [0.1, 0.15) is 12.0 Å². The van der Waals surface area contributed by atoms with Gasteiger partial charge in [-0.2, -0.15) is 11.8 Å². The highest BCUT2D eigenvalue weighted by Gasteiger charge is 2.34. The molecule has 1 atom stereocenters. The van der Waals surface area contributed by atoms with Gasteiger partial charge in [-0.15, -0.1) is 0 Å². The molecule has 2 amide bonds. The molecule has 1 aromatic carbocycles. The number of nitrogens with zero attached hydrogens (tertiary/aromatic N) is 2. The Morgan fingerprint density at radius 3 is 2.72 bits per heavy atom. The molecule has 0 aromatic heterocycles. The molecule has 134 valence electrons. The van der Waals surface area contributed by atoms with Gasteiger partial charge in [-0.25, -0.2) is 0 Å². The average molecular weight is 379 g/mol. The maximum atomic E-state index is 12.5. The molecule has 6 nitrogen and oxygen atoms in total. The zero-order valence-electron chi connectivity index (χ0n) is 14.2. The molecule has 0 saturated carbocycles. The highest BCUT2D eigenvalue weighted by Crippen LogP contribution is 2.19. The van der Waals surface area contributed by atoms with Crippen molar-refractivity contribution in [3.8, 4) is 0 Å². The highest BCUT2D eigenvalue weighted by atomic mass is 32.2. The molecule has 2 heterocycles. The molecule has 8 heteroatoms. The number of benzene rings is 1. The van der Waals surface area contributed by atoms with Gasteiger partial charge in [-0.05, 0) is 48.3 Å². The van der Waals surface area contributed by atoms with Gasteiger partial charge in [0, 0.05) is 18.8 Å². The summed E-state index contributed by atoms with van der Waals surface area (Å²) in [6, 6.07) is 7.78. The standard InChI is InChI=1S/C17H22N4O2S2/c1-25-9-6-14-16(23)21(17(24)19-14)10-12-2-4-13(5-3-12)20-8-7-18-15(22)11-20/h2-5,14H,6-11H2,1H3,(H,18,22)(H,19,24)/t14-/m0/s1. The Kier molecular flexibility index (Phi) is 5.80. The van der Waals surface area contributed by atoms with Gasteiger partial charge in [0.05, 0.1) is 13.1 Å². The van der Waals surface area contributed by atoms with E-state index in [1.54, 1.807) is 16.7 Å². The number of anilines is 1. The van der Waals surface area contributed by atoms with E-state index in [-0.39, 0.29) is 17.9 Å². The SMILES string of the molecule is CSCC[C@@H]1NC(=S)N(Cc2ccc(N3CCNC(=O)C3)cc2)C1=O. The summed E-state index contributed by atoms with van der Waals surface area (Å²) in [7, 11) is 0. The number of amides is 2. The Morgan fingerprint density at radius 1 is 1.28 bits per heavy atom. The first kappa shape index (κ1) is 18.0. The summed E-state index contributed by atoms with van der Waals surface area (Å²) in [6.07, 6.45) is 2.82. The highest BCUT2D eigenvalue weighted by molar-refractivity contribution is 7.98. The topological polar surface area (TPSA) is 64.7 Å². The molecule has 2 aliphatic rings. The second-order valence-corrected chi connectivity index (χ2v) is 7.52. The van der Waals surface area contributed by atoms with Crippen molar-refractivity contribution in [2.45, 2.75) is 19.0 Å².